The van der Waals surface area contributed by atoms with E-state index in [1.54, 1.807) is 0 Å². The van der Waals surface area contributed by atoms with Crippen molar-refractivity contribution in [1.29, 1.82) is 0 Å². The molecule has 0 saturated carbocycles. The van der Waals surface area contributed by atoms with Gasteiger partial charge in [0.05, 0.1) is 5.52 Å². The Morgan fingerprint density at radius 1 is 1.20 bits per heavy atom. The maximum Gasteiger partial charge on any atom is 0.0704 e. The van der Waals surface area contributed by atoms with Crippen LogP contribution in [0.2, 0.25) is 0 Å². The summed E-state index contributed by atoms with van der Waals surface area (Å²) < 4.78 is 0. The number of fused-ring (bicyclic) bond motifs is 1. The molecule has 1 heterocycles. The summed E-state index contributed by atoms with van der Waals surface area (Å²) in [5.41, 5.74) is 2.54. The molecular formula is C14H17N. The highest BCUT2D eigenvalue weighted by Gasteiger charge is 2.08. The van der Waals surface area contributed by atoms with E-state index in [4.69, 9.17) is 0 Å². The molecule has 78 valence electrons. The van der Waals surface area contributed by atoms with Crippen molar-refractivity contribution in [3.05, 3.63) is 42.1 Å². The fraction of sp³-hybridized carbons (Fsp3) is 0.357. The molecule has 1 aromatic heterocycles. The predicted molar refractivity (Wildman–Crippen MR) is 65.1 cm³/mol. The Kier molecular flexibility index (Phi) is 3.00. The SMILES string of the molecule is CCCC(C)c1ccnc2ccccc12. The molecule has 15 heavy (non-hydrogen) atoms. The summed E-state index contributed by atoms with van der Waals surface area (Å²) in [6.45, 7) is 4.53. The third-order valence-corrected chi connectivity index (χ3v) is 2.94. The van der Waals surface area contributed by atoms with E-state index in [-0.39, 0.29) is 0 Å². The zero-order chi connectivity index (χ0) is 10.7. The number of benzene rings is 1. The molecule has 0 amide bonds. The number of pyridine rings is 1. The topological polar surface area (TPSA) is 12.9 Å². The van der Waals surface area contributed by atoms with E-state index < -0.39 is 0 Å². The van der Waals surface area contributed by atoms with Gasteiger partial charge in [-0.3, -0.25) is 4.98 Å². The summed E-state index contributed by atoms with van der Waals surface area (Å²) in [7, 11) is 0. The quantitative estimate of drug-likeness (QED) is 0.724. The maximum atomic E-state index is 4.38. The summed E-state index contributed by atoms with van der Waals surface area (Å²) in [6, 6.07) is 10.5. The fourth-order valence-electron chi connectivity index (χ4n) is 2.14. The molecule has 1 unspecified atom stereocenters. The van der Waals surface area contributed by atoms with Crippen molar-refractivity contribution in [3.8, 4) is 0 Å². The fourth-order valence-corrected chi connectivity index (χ4v) is 2.14. The summed E-state index contributed by atoms with van der Waals surface area (Å²) in [5, 5.41) is 1.31. The lowest BCUT2D eigenvalue weighted by Gasteiger charge is -2.12. The smallest absolute Gasteiger partial charge is 0.0704 e. The number of hydrogen-bond acceptors (Lipinski definition) is 1. The summed E-state index contributed by atoms with van der Waals surface area (Å²) in [4.78, 5) is 4.38. The highest BCUT2D eigenvalue weighted by atomic mass is 14.6. The molecule has 0 bridgehead atoms. The van der Waals surface area contributed by atoms with Crippen LogP contribution in [0.1, 0.15) is 38.2 Å². The zero-order valence-electron chi connectivity index (χ0n) is 9.40. The van der Waals surface area contributed by atoms with Gasteiger partial charge in [-0.15, -0.1) is 0 Å². The predicted octanol–water partition coefficient (Wildman–Crippen LogP) is 4.14. The van der Waals surface area contributed by atoms with Crippen molar-refractivity contribution in [2.24, 2.45) is 0 Å². The molecular weight excluding hydrogens is 182 g/mol. The number of aromatic nitrogens is 1. The van der Waals surface area contributed by atoms with Crippen LogP contribution >= 0.6 is 0 Å². The molecule has 0 radical (unpaired) electrons. The Bertz CT molecular complexity index is 443. The summed E-state index contributed by atoms with van der Waals surface area (Å²) in [6.07, 6.45) is 4.40. The van der Waals surface area contributed by atoms with E-state index in [9.17, 15) is 0 Å². The minimum absolute atomic E-state index is 0.628. The Morgan fingerprint density at radius 2 is 2.00 bits per heavy atom. The van der Waals surface area contributed by atoms with Gasteiger partial charge in [0.15, 0.2) is 0 Å². The van der Waals surface area contributed by atoms with E-state index >= 15 is 0 Å². The molecule has 2 rings (SSSR count). The van der Waals surface area contributed by atoms with E-state index in [2.05, 4.69) is 43.1 Å². The van der Waals surface area contributed by atoms with E-state index in [0.717, 1.165) is 5.52 Å². The van der Waals surface area contributed by atoms with Crippen LogP contribution in [0.15, 0.2) is 36.5 Å². The minimum Gasteiger partial charge on any atom is -0.256 e. The molecule has 1 atom stereocenters. The number of rotatable bonds is 3. The van der Waals surface area contributed by atoms with Crippen LogP contribution in [0.3, 0.4) is 0 Å². The molecule has 1 aromatic carbocycles. The van der Waals surface area contributed by atoms with Crippen molar-refractivity contribution in [3.63, 3.8) is 0 Å². The van der Waals surface area contributed by atoms with Crippen LogP contribution < -0.4 is 0 Å². The second kappa shape index (κ2) is 4.43. The van der Waals surface area contributed by atoms with Gasteiger partial charge in [0.1, 0.15) is 0 Å². The van der Waals surface area contributed by atoms with Gasteiger partial charge in [0, 0.05) is 11.6 Å². The molecule has 0 spiro atoms. The zero-order valence-corrected chi connectivity index (χ0v) is 9.40. The monoisotopic (exact) mass is 199 g/mol. The first-order valence-corrected chi connectivity index (χ1v) is 5.66. The molecule has 0 fully saturated rings. The van der Waals surface area contributed by atoms with Gasteiger partial charge in [0.2, 0.25) is 0 Å². The first-order chi connectivity index (χ1) is 7.33. The average molecular weight is 199 g/mol. The van der Waals surface area contributed by atoms with Crippen LogP contribution in [-0.2, 0) is 0 Å². The molecule has 0 saturated heterocycles. The average Bonchev–Trinajstić information content (AvgIpc) is 2.28. The van der Waals surface area contributed by atoms with E-state index in [1.807, 2.05) is 12.3 Å². The second-order valence-electron chi connectivity index (χ2n) is 4.11. The highest BCUT2D eigenvalue weighted by Crippen LogP contribution is 2.26. The Hall–Kier alpha value is -1.37. The van der Waals surface area contributed by atoms with Gasteiger partial charge >= 0.3 is 0 Å². The van der Waals surface area contributed by atoms with Crippen molar-refractivity contribution >= 4 is 10.9 Å². The van der Waals surface area contributed by atoms with Crippen molar-refractivity contribution in [1.82, 2.24) is 4.98 Å². The largest absolute Gasteiger partial charge is 0.256 e. The Morgan fingerprint density at radius 3 is 2.80 bits per heavy atom. The minimum atomic E-state index is 0.628. The standard InChI is InChI=1S/C14H17N/c1-3-6-11(2)12-9-10-15-14-8-5-4-7-13(12)14/h4-5,7-11H,3,6H2,1-2H3. The first-order valence-electron chi connectivity index (χ1n) is 5.66. The lowest BCUT2D eigenvalue weighted by molar-refractivity contribution is 0.668. The van der Waals surface area contributed by atoms with Gasteiger partial charge in [-0.1, -0.05) is 38.5 Å². The first kappa shape index (κ1) is 10.2. The second-order valence-corrected chi connectivity index (χ2v) is 4.11. The van der Waals surface area contributed by atoms with Crippen LogP contribution in [0.4, 0.5) is 0 Å². The third kappa shape index (κ3) is 2.01. The van der Waals surface area contributed by atoms with Gasteiger partial charge in [-0.25, -0.2) is 0 Å². The molecule has 0 aliphatic rings. The lowest BCUT2D eigenvalue weighted by Crippen LogP contribution is -1.95. The van der Waals surface area contributed by atoms with Crippen molar-refractivity contribution in [2.75, 3.05) is 0 Å². The molecule has 0 aliphatic heterocycles. The Labute approximate surface area is 91.2 Å². The van der Waals surface area contributed by atoms with E-state index in [1.165, 1.54) is 23.8 Å². The molecule has 1 heteroatoms. The summed E-state index contributed by atoms with van der Waals surface area (Å²) >= 11 is 0. The van der Waals surface area contributed by atoms with Crippen LogP contribution in [-0.4, -0.2) is 4.98 Å². The molecule has 1 nitrogen and oxygen atoms in total. The normalized spacial score (nSPS) is 12.9. The van der Waals surface area contributed by atoms with Gasteiger partial charge in [-0.2, -0.15) is 0 Å². The number of hydrogen-bond donors (Lipinski definition) is 0. The molecule has 2 aromatic rings. The Balaban J connectivity index is 2.50. The van der Waals surface area contributed by atoms with Crippen LogP contribution in [0, 0.1) is 0 Å². The third-order valence-electron chi connectivity index (χ3n) is 2.94. The van der Waals surface area contributed by atoms with Gasteiger partial charge in [0.25, 0.3) is 0 Å². The van der Waals surface area contributed by atoms with Crippen LogP contribution in [0.25, 0.3) is 10.9 Å². The van der Waals surface area contributed by atoms with Gasteiger partial charge < -0.3 is 0 Å². The lowest BCUT2D eigenvalue weighted by atomic mass is 9.94. The van der Waals surface area contributed by atoms with Crippen molar-refractivity contribution in [2.45, 2.75) is 32.6 Å². The van der Waals surface area contributed by atoms with Crippen LogP contribution in [0.5, 0.6) is 0 Å². The molecule has 0 N–H and O–H groups in total. The maximum absolute atomic E-state index is 4.38. The highest BCUT2D eigenvalue weighted by molar-refractivity contribution is 5.82. The number of nitrogens with zero attached hydrogens (tertiary/aromatic N) is 1. The number of para-hydroxylation sites is 1. The summed E-state index contributed by atoms with van der Waals surface area (Å²) in [5.74, 6) is 0.628. The van der Waals surface area contributed by atoms with Crippen molar-refractivity contribution < 1.29 is 0 Å². The van der Waals surface area contributed by atoms with Gasteiger partial charge in [-0.05, 0) is 30.0 Å². The van der Waals surface area contributed by atoms with E-state index in [0.29, 0.717) is 5.92 Å². The molecule has 0 aliphatic carbocycles.